The fourth-order valence-corrected chi connectivity index (χ4v) is 3.96. The van der Waals surface area contributed by atoms with Crippen LogP contribution in [0.5, 0.6) is 11.5 Å². The maximum Gasteiger partial charge on any atom is 0.195 e. The van der Waals surface area contributed by atoms with Crippen LogP contribution in [-0.4, -0.2) is 39.4 Å². The highest BCUT2D eigenvalue weighted by Crippen LogP contribution is 2.34. The topological polar surface area (TPSA) is 64.1 Å². The van der Waals surface area contributed by atoms with Gasteiger partial charge in [-0.2, -0.15) is 0 Å². The van der Waals surface area contributed by atoms with Crippen molar-refractivity contribution in [3.8, 4) is 11.5 Å². The van der Waals surface area contributed by atoms with E-state index in [0.717, 1.165) is 55.6 Å². The first-order valence-corrected chi connectivity index (χ1v) is 10.8. The van der Waals surface area contributed by atoms with E-state index in [0.29, 0.717) is 19.1 Å². The molecule has 1 saturated heterocycles. The molecule has 2 unspecified atom stereocenters. The van der Waals surface area contributed by atoms with E-state index in [1.54, 1.807) is 7.05 Å². The zero-order valence-corrected chi connectivity index (χ0v) is 20.6. The van der Waals surface area contributed by atoms with Crippen molar-refractivity contribution in [3.05, 3.63) is 53.6 Å². The Morgan fingerprint density at radius 2 is 1.77 bits per heavy atom. The number of aliphatic imine (C=N–C) groups is 1. The van der Waals surface area contributed by atoms with Crippen molar-refractivity contribution in [1.29, 1.82) is 0 Å². The van der Waals surface area contributed by atoms with Crippen LogP contribution >= 0.6 is 24.0 Å². The monoisotopic (exact) mass is 537 g/mol. The van der Waals surface area contributed by atoms with Crippen molar-refractivity contribution in [1.82, 2.24) is 5.32 Å². The van der Waals surface area contributed by atoms with Crippen LogP contribution in [-0.2, 0) is 4.74 Å². The van der Waals surface area contributed by atoms with Crippen LogP contribution in [0.15, 0.2) is 47.5 Å². The van der Waals surface area contributed by atoms with Gasteiger partial charge in [-0.3, -0.25) is 4.99 Å². The zero-order valence-electron chi connectivity index (χ0n) is 18.2. The highest BCUT2D eigenvalue weighted by atomic mass is 127. The summed E-state index contributed by atoms with van der Waals surface area (Å²) in [6.07, 6.45) is 3.23. The van der Waals surface area contributed by atoms with E-state index in [-0.39, 0.29) is 30.1 Å². The minimum atomic E-state index is 0. The van der Waals surface area contributed by atoms with Gasteiger partial charge in [-0.25, -0.2) is 0 Å². The van der Waals surface area contributed by atoms with Crippen LogP contribution in [0.2, 0.25) is 0 Å². The van der Waals surface area contributed by atoms with Gasteiger partial charge in [0.05, 0.1) is 19.3 Å². The maximum atomic E-state index is 6.14. The Hall–Kier alpha value is -2.00. The Labute approximate surface area is 201 Å². The Kier molecular flexibility index (Phi) is 8.83. The summed E-state index contributed by atoms with van der Waals surface area (Å²) in [5.74, 6) is 2.69. The summed E-state index contributed by atoms with van der Waals surface area (Å²) in [5.41, 5.74) is 3.43. The molecule has 31 heavy (non-hydrogen) atoms. The second-order valence-corrected chi connectivity index (χ2v) is 7.89. The number of hydrogen-bond acceptors (Lipinski definition) is 4. The van der Waals surface area contributed by atoms with Crippen molar-refractivity contribution in [3.63, 3.8) is 0 Å². The lowest BCUT2D eigenvalue weighted by Crippen LogP contribution is -2.38. The summed E-state index contributed by atoms with van der Waals surface area (Å²) in [6.45, 7) is 5.09. The molecular formula is C24H32IN3O3. The Morgan fingerprint density at radius 3 is 2.55 bits per heavy atom. The molecule has 2 aliphatic heterocycles. The van der Waals surface area contributed by atoms with Crippen molar-refractivity contribution in [2.45, 2.75) is 32.3 Å². The Balaban J connectivity index is 0.00000272. The van der Waals surface area contributed by atoms with Crippen LogP contribution in [0, 0.1) is 12.8 Å². The van der Waals surface area contributed by atoms with Gasteiger partial charge in [0, 0.05) is 44.3 Å². The molecule has 7 heteroatoms. The summed E-state index contributed by atoms with van der Waals surface area (Å²) >= 11 is 0. The molecule has 2 aromatic carbocycles. The molecule has 6 nitrogen and oxygen atoms in total. The largest absolute Gasteiger partial charge is 0.490 e. The minimum absolute atomic E-state index is 0. The van der Waals surface area contributed by atoms with Crippen molar-refractivity contribution < 1.29 is 14.2 Å². The van der Waals surface area contributed by atoms with Crippen molar-refractivity contribution in [2.24, 2.45) is 10.9 Å². The molecule has 1 fully saturated rings. The molecule has 2 aromatic rings. The van der Waals surface area contributed by atoms with Crippen molar-refractivity contribution >= 4 is 35.6 Å². The molecule has 2 heterocycles. The molecular weight excluding hydrogens is 505 g/mol. The lowest BCUT2D eigenvalue weighted by molar-refractivity contribution is -0.0264. The highest BCUT2D eigenvalue weighted by Gasteiger charge is 2.27. The summed E-state index contributed by atoms with van der Waals surface area (Å²) in [5, 5.41) is 6.84. The van der Waals surface area contributed by atoms with E-state index >= 15 is 0 Å². The summed E-state index contributed by atoms with van der Waals surface area (Å²) in [7, 11) is 1.78. The molecule has 2 atom stereocenters. The van der Waals surface area contributed by atoms with Gasteiger partial charge in [0.15, 0.2) is 17.5 Å². The van der Waals surface area contributed by atoms with Gasteiger partial charge < -0.3 is 24.8 Å². The van der Waals surface area contributed by atoms with E-state index in [1.165, 1.54) is 11.1 Å². The molecule has 0 aromatic heterocycles. The Morgan fingerprint density at radius 1 is 1.00 bits per heavy atom. The number of ether oxygens (including phenoxy) is 3. The van der Waals surface area contributed by atoms with E-state index < -0.39 is 0 Å². The van der Waals surface area contributed by atoms with E-state index in [9.17, 15) is 0 Å². The van der Waals surface area contributed by atoms with Crippen LogP contribution in [0.25, 0.3) is 0 Å². The fraction of sp³-hybridized carbons (Fsp3) is 0.458. The second-order valence-electron chi connectivity index (χ2n) is 7.89. The number of rotatable bonds is 4. The van der Waals surface area contributed by atoms with Crippen molar-refractivity contribution in [2.75, 3.05) is 38.7 Å². The molecule has 4 rings (SSSR count). The maximum absolute atomic E-state index is 6.14. The third-order valence-electron chi connectivity index (χ3n) is 5.62. The third kappa shape index (κ3) is 6.26. The lowest BCUT2D eigenvalue weighted by atomic mass is 9.89. The predicted molar refractivity (Wildman–Crippen MR) is 135 cm³/mol. The number of aryl methyl sites for hydroxylation is 1. The molecule has 0 bridgehead atoms. The van der Waals surface area contributed by atoms with E-state index in [2.05, 4.69) is 46.8 Å². The fourth-order valence-electron chi connectivity index (χ4n) is 3.96. The molecule has 0 radical (unpaired) electrons. The van der Waals surface area contributed by atoms with Gasteiger partial charge in [0.1, 0.15) is 0 Å². The normalized spacial score (nSPS) is 20.9. The van der Waals surface area contributed by atoms with Gasteiger partial charge >= 0.3 is 0 Å². The molecule has 0 spiro atoms. The second kappa shape index (κ2) is 11.6. The molecule has 2 aliphatic rings. The number of halogens is 1. The number of guanidine groups is 1. The lowest BCUT2D eigenvalue weighted by Gasteiger charge is -2.32. The number of hydrogen-bond donors (Lipinski definition) is 2. The molecule has 168 valence electrons. The molecule has 2 N–H and O–H groups in total. The number of benzene rings is 2. The first-order valence-electron chi connectivity index (χ1n) is 10.8. The zero-order chi connectivity index (χ0) is 20.8. The average molecular weight is 537 g/mol. The third-order valence-corrected chi connectivity index (χ3v) is 5.62. The van der Waals surface area contributed by atoms with Gasteiger partial charge in [-0.15, -0.1) is 24.0 Å². The number of nitrogens with one attached hydrogen (secondary N) is 2. The van der Waals surface area contributed by atoms with Crippen LogP contribution in [0.4, 0.5) is 5.69 Å². The first kappa shape index (κ1) is 23.7. The summed E-state index contributed by atoms with van der Waals surface area (Å²) in [4.78, 5) is 4.39. The highest BCUT2D eigenvalue weighted by molar-refractivity contribution is 14.0. The summed E-state index contributed by atoms with van der Waals surface area (Å²) < 4.78 is 17.6. The minimum Gasteiger partial charge on any atom is -0.490 e. The average Bonchev–Trinajstić information content (AvgIpc) is 3.02. The number of nitrogens with zero attached hydrogens (tertiary/aromatic N) is 1. The molecule has 0 aliphatic carbocycles. The molecule has 0 amide bonds. The van der Waals surface area contributed by atoms with Gasteiger partial charge in [0.25, 0.3) is 0 Å². The van der Waals surface area contributed by atoms with E-state index in [1.807, 2.05) is 18.2 Å². The summed E-state index contributed by atoms with van der Waals surface area (Å²) in [6, 6.07) is 14.6. The predicted octanol–water partition coefficient (Wildman–Crippen LogP) is 4.93. The first-order chi connectivity index (χ1) is 14.7. The SMILES string of the molecule is CN=C(NCC1CCCOC1c1ccc(C)cc1)Nc1ccc2c(c1)OCCCO2.I. The number of fused-ring (bicyclic) bond motifs is 1. The van der Waals surface area contributed by atoms with Crippen LogP contribution in [0.3, 0.4) is 0 Å². The molecule has 0 saturated carbocycles. The van der Waals surface area contributed by atoms with Crippen LogP contribution in [0.1, 0.15) is 36.5 Å². The van der Waals surface area contributed by atoms with Crippen LogP contribution < -0.4 is 20.1 Å². The standard InChI is InChI=1S/C24H31N3O3.HI/c1-17-6-8-18(9-7-17)23-19(5-3-12-30-23)16-26-24(25-2)27-20-10-11-21-22(15-20)29-14-4-13-28-21;/h6-11,15,19,23H,3-5,12-14,16H2,1-2H3,(H2,25,26,27);1H. The smallest absolute Gasteiger partial charge is 0.195 e. The van der Waals surface area contributed by atoms with Gasteiger partial charge in [-0.1, -0.05) is 29.8 Å². The number of anilines is 1. The quantitative estimate of drug-likeness (QED) is 0.329. The van der Waals surface area contributed by atoms with Gasteiger partial charge in [0.2, 0.25) is 0 Å². The van der Waals surface area contributed by atoms with Gasteiger partial charge in [-0.05, 0) is 37.5 Å². The Bertz CT molecular complexity index is 873. The van der Waals surface area contributed by atoms with E-state index in [4.69, 9.17) is 14.2 Å².